The lowest BCUT2D eigenvalue weighted by atomic mass is 10.4. The Morgan fingerprint density at radius 3 is 2.88 bits per heavy atom. The van der Waals surface area contributed by atoms with Crippen LogP contribution in [0.4, 0.5) is 0 Å². The van der Waals surface area contributed by atoms with Crippen molar-refractivity contribution in [3.63, 3.8) is 0 Å². The molecule has 0 aliphatic heterocycles. The number of thiazole rings is 1. The van der Waals surface area contributed by atoms with E-state index in [0.717, 1.165) is 16.3 Å². The van der Waals surface area contributed by atoms with Gasteiger partial charge in [0.05, 0.1) is 5.69 Å². The second kappa shape index (κ2) is 3.53. The summed E-state index contributed by atoms with van der Waals surface area (Å²) in [4.78, 5) is 17.3. The van der Waals surface area contributed by atoms with Gasteiger partial charge in [-0.05, 0) is 19.9 Å². The minimum Gasteiger partial charge on any atom is -0.297 e. The molecule has 3 heterocycles. The van der Waals surface area contributed by atoms with Crippen molar-refractivity contribution in [2.75, 3.05) is 0 Å². The van der Waals surface area contributed by atoms with E-state index >= 15 is 0 Å². The topological polar surface area (TPSA) is 52.2 Å². The Morgan fingerprint density at radius 2 is 2.24 bits per heavy atom. The fraction of sp³-hybridized carbons (Fsp3) is 0.182. The number of fused-ring (bicyclic) bond motifs is 1. The molecule has 3 rings (SSSR count). The van der Waals surface area contributed by atoms with Crippen molar-refractivity contribution in [2.45, 2.75) is 13.8 Å². The summed E-state index contributed by atoms with van der Waals surface area (Å²) in [5.41, 5.74) is 2.07. The highest BCUT2D eigenvalue weighted by atomic mass is 32.1. The van der Waals surface area contributed by atoms with Crippen LogP contribution in [0.3, 0.4) is 0 Å². The molecule has 0 aliphatic carbocycles. The lowest BCUT2D eigenvalue weighted by Gasteiger charge is -1.98. The molecule has 5 nitrogen and oxygen atoms in total. The molecule has 0 spiro atoms. The second-order valence-electron chi connectivity index (χ2n) is 3.86. The molecule has 86 valence electrons. The summed E-state index contributed by atoms with van der Waals surface area (Å²) >= 11 is 1.50. The zero-order chi connectivity index (χ0) is 12.0. The SMILES string of the molecule is Cc1cc(C)n(C(=O)c2cn3ccsc3n2)n1. The van der Waals surface area contributed by atoms with Gasteiger partial charge in [0.25, 0.3) is 5.91 Å². The third-order valence-electron chi connectivity index (χ3n) is 2.51. The van der Waals surface area contributed by atoms with Gasteiger partial charge in [-0.25, -0.2) is 4.98 Å². The van der Waals surface area contributed by atoms with E-state index in [1.165, 1.54) is 16.0 Å². The van der Waals surface area contributed by atoms with Gasteiger partial charge >= 0.3 is 0 Å². The molecule has 0 amide bonds. The third-order valence-corrected chi connectivity index (χ3v) is 3.29. The van der Waals surface area contributed by atoms with Crippen LogP contribution in [-0.4, -0.2) is 25.1 Å². The second-order valence-corrected chi connectivity index (χ2v) is 4.74. The lowest BCUT2D eigenvalue weighted by Crippen LogP contribution is -2.15. The number of nitrogens with zero attached hydrogens (tertiary/aromatic N) is 4. The Labute approximate surface area is 101 Å². The van der Waals surface area contributed by atoms with Gasteiger partial charge in [0, 0.05) is 23.5 Å². The first-order valence-electron chi connectivity index (χ1n) is 5.15. The minimum atomic E-state index is -0.188. The van der Waals surface area contributed by atoms with Crippen LogP contribution >= 0.6 is 11.3 Å². The number of rotatable bonds is 1. The highest BCUT2D eigenvalue weighted by Gasteiger charge is 2.16. The summed E-state index contributed by atoms with van der Waals surface area (Å²) in [5.74, 6) is -0.188. The smallest absolute Gasteiger partial charge is 0.297 e. The summed E-state index contributed by atoms with van der Waals surface area (Å²) in [6.07, 6.45) is 3.61. The lowest BCUT2D eigenvalue weighted by molar-refractivity contribution is 0.0938. The Balaban J connectivity index is 2.07. The maximum atomic E-state index is 12.2. The summed E-state index contributed by atoms with van der Waals surface area (Å²) < 4.78 is 3.23. The molecule has 0 unspecified atom stereocenters. The first-order chi connectivity index (χ1) is 8.15. The number of aryl methyl sites for hydroxylation is 2. The van der Waals surface area contributed by atoms with Gasteiger partial charge in [-0.1, -0.05) is 0 Å². The number of carbonyl (C=O) groups excluding carboxylic acids is 1. The van der Waals surface area contributed by atoms with Crippen LogP contribution in [0.1, 0.15) is 21.9 Å². The number of imidazole rings is 1. The van der Waals surface area contributed by atoms with Gasteiger partial charge in [0.2, 0.25) is 0 Å². The fourth-order valence-electron chi connectivity index (χ4n) is 1.77. The van der Waals surface area contributed by atoms with Gasteiger partial charge in [0.15, 0.2) is 10.7 Å². The molecule has 3 aromatic rings. The molecule has 0 bridgehead atoms. The van der Waals surface area contributed by atoms with Crippen LogP contribution in [0, 0.1) is 13.8 Å². The van der Waals surface area contributed by atoms with Gasteiger partial charge in [0.1, 0.15) is 0 Å². The van der Waals surface area contributed by atoms with E-state index in [9.17, 15) is 4.79 Å². The number of hydrogen-bond donors (Lipinski definition) is 0. The predicted octanol–water partition coefficient (Wildman–Crippen LogP) is 1.90. The molecule has 0 aromatic carbocycles. The molecular formula is C11H10N4OS. The van der Waals surface area contributed by atoms with Crippen LogP contribution in [0.2, 0.25) is 0 Å². The average molecular weight is 246 g/mol. The van der Waals surface area contributed by atoms with Crippen molar-refractivity contribution >= 4 is 22.2 Å². The summed E-state index contributed by atoms with van der Waals surface area (Å²) in [6.45, 7) is 3.72. The van der Waals surface area contributed by atoms with Gasteiger partial charge in [-0.3, -0.25) is 9.20 Å². The molecule has 6 heteroatoms. The summed E-state index contributed by atoms with van der Waals surface area (Å²) in [7, 11) is 0. The Morgan fingerprint density at radius 1 is 1.41 bits per heavy atom. The van der Waals surface area contributed by atoms with Crippen molar-refractivity contribution in [3.8, 4) is 0 Å². The van der Waals surface area contributed by atoms with E-state index in [0.29, 0.717) is 5.69 Å². The van der Waals surface area contributed by atoms with Crippen molar-refractivity contribution in [3.05, 3.63) is 40.9 Å². The van der Waals surface area contributed by atoms with Crippen LogP contribution in [0.5, 0.6) is 0 Å². The molecule has 0 aliphatic rings. The molecule has 0 saturated heterocycles. The van der Waals surface area contributed by atoms with Crippen molar-refractivity contribution in [2.24, 2.45) is 0 Å². The molecule has 3 aromatic heterocycles. The number of carbonyl (C=O) groups is 1. The zero-order valence-corrected chi connectivity index (χ0v) is 10.2. The Hall–Kier alpha value is -1.95. The van der Waals surface area contributed by atoms with Crippen LogP contribution in [0.25, 0.3) is 4.96 Å². The third kappa shape index (κ3) is 1.57. The largest absolute Gasteiger partial charge is 0.298 e. The van der Waals surface area contributed by atoms with Crippen LogP contribution in [-0.2, 0) is 0 Å². The fourth-order valence-corrected chi connectivity index (χ4v) is 2.47. The molecule has 0 atom stereocenters. The first-order valence-corrected chi connectivity index (χ1v) is 6.03. The summed E-state index contributed by atoms with van der Waals surface area (Å²) in [6, 6.07) is 1.87. The highest BCUT2D eigenvalue weighted by molar-refractivity contribution is 7.15. The molecule has 0 fully saturated rings. The maximum Gasteiger partial charge on any atom is 0.298 e. The zero-order valence-electron chi connectivity index (χ0n) is 9.41. The number of hydrogen-bond acceptors (Lipinski definition) is 4. The van der Waals surface area contributed by atoms with E-state index in [1.807, 2.05) is 35.9 Å². The van der Waals surface area contributed by atoms with Gasteiger partial charge in [-0.2, -0.15) is 9.78 Å². The van der Waals surface area contributed by atoms with Gasteiger partial charge < -0.3 is 0 Å². The van der Waals surface area contributed by atoms with Crippen LogP contribution < -0.4 is 0 Å². The molecule has 0 saturated carbocycles. The van der Waals surface area contributed by atoms with Gasteiger partial charge in [-0.15, -0.1) is 11.3 Å². The average Bonchev–Trinajstić information content (AvgIpc) is 2.90. The Kier molecular flexibility index (Phi) is 2.12. The van der Waals surface area contributed by atoms with Crippen LogP contribution in [0.15, 0.2) is 23.8 Å². The molecule has 0 radical (unpaired) electrons. The summed E-state index contributed by atoms with van der Waals surface area (Å²) in [5, 5.41) is 6.09. The normalized spacial score (nSPS) is 11.2. The maximum absolute atomic E-state index is 12.2. The molecule has 17 heavy (non-hydrogen) atoms. The first kappa shape index (κ1) is 10.2. The predicted molar refractivity (Wildman–Crippen MR) is 64.5 cm³/mol. The standard InChI is InChI=1S/C11H10N4OS/c1-7-5-8(2)15(13-7)10(16)9-6-14-3-4-17-11(14)12-9/h3-6H,1-2H3. The van der Waals surface area contributed by atoms with E-state index < -0.39 is 0 Å². The van der Waals surface area contributed by atoms with E-state index in [1.54, 1.807) is 6.20 Å². The van der Waals surface area contributed by atoms with E-state index in [2.05, 4.69) is 10.1 Å². The molecular weight excluding hydrogens is 236 g/mol. The van der Waals surface area contributed by atoms with Crippen molar-refractivity contribution in [1.29, 1.82) is 0 Å². The monoisotopic (exact) mass is 246 g/mol. The van der Waals surface area contributed by atoms with E-state index in [4.69, 9.17) is 0 Å². The van der Waals surface area contributed by atoms with Crippen molar-refractivity contribution < 1.29 is 4.79 Å². The Bertz CT molecular complexity index is 678. The number of aromatic nitrogens is 4. The van der Waals surface area contributed by atoms with Crippen molar-refractivity contribution in [1.82, 2.24) is 19.2 Å². The quantitative estimate of drug-likeness (QED) is 0.659. The highest BCUT2D eigenvalue weighted by Crippen LogP contribution is 2.13. The molecule has 0 N–H and O–H groups in total. The van der Waals surface area contributed by atoms with E-state index in [-0.39, 0.29) is 5.91 Å². The minimum absolute atomic E-state index is 0.188.